The van der Waals surface area contributed by atoms with Crippen molar-refractivity contribution in [2.75, 3.05) is 38.0 Å². The van der Waals surface area contributed by atoms with E-state index in [1.165, 1.54) is 11.3 Å². The maximum atomic E-state index is 12.4. The lowest BCUT2D eigenvalue weighted by molar-refractivity contribution is 0.581. The molecule has 0 radical (unpaired) electrons. The van der Waals surface area contributed by atoms with Crippen LogP contribution in [0, 0.1) is 0 Å². The molecular formula is C14H22N6O2S2. The summed E-state index contributed by atoms with van der Waals surface area (Å²) in [4.78, 5) is 17.4. The summed E-state index contributed by atoms with van der Waals surface area (Å²) in [6, 6.07) is 3.45. The van der Waals surface area contributed by atoms with Gasteiger partial charge in [-0.1, -0.05) is 6.92 Å². The maximum Gasteiger partial charge on any atom is 0.250 e. The van der Waals surface area contributed by atoms with Crippen LogP contribution in [0.3, 0.4) is 0 Å². The van der Waals surface area contributed by atoms with E-state index in [4.69, 9.17) is 0 Å². The zero-order valence-corrected chi connectivity index (χ0v) is 16.1. The molecule has 2 heterocycles. The van der Waals surface area contributed by atoms with E-state index in [1.807, 2.05) is 41.2 Å². The van der Waals surface area contributed by atoms with Crippen LogP contribution in [0.5, 0.6) is 0 Å². The Bertz CT molecular complexity index is 775. The topological polar surface area (TPSA) is 91.3 Å². The summed E-state index contributed by atoms with van der Waals surface area (Å²) in [5, 5.41) is 0. The monoisotopic (exact) mass is 370 g/mol. The lowest BCUT2D eigenvalue weighted by Gasteiger charge is -2.16. The second-order valence-electron chi connectivity index (χ2n) is 5.54. The van der Waals surface area contributed by atoms with E-state index in [-0.39, 0.29) is 6.54 Å². The molecule has 0 aliphatic heterocycles. The number of aryl methyl sites for hydroxylation is 1. The third-order valence-electron chi connectivity index (χ3n) is 3.13. The highest BCUT2D eigenvalue weighted by molar-refractivity contribution is 7.91. The van der Waals surface area contributed by atoms with Crippen LogP contribution < -0.4 is 14.5 Å². The summed E-state index contributed by atoms with van der Waals surface area (Å²) in [5.74, 6) is 1.33. The van der Waals surface area contributed by atoms with Gasteiger partial charge in [0.05, 0.1) is 6.54 Å². The van der Waals surface area contributed by atoms with Crippen molar-refractivity contribution < 1.29 is 8.42 Å². The Morgan fingerprint density at radius 3 is 2.08 bits per heavy atom. The Labute approximate surface area is 146 Å². The summed E-state index contributed by atoms with van der Waals surface area (Å²) in [6.07, 6.45) is 0.812. The van der Waals surface area contributed by atoms with Gasteiger partial charge < -0.3 is 9.80 Å². The zero-order chi connectivity index (χ0) is 17.9. The van der Waals surface area contributed by atoms with Gasteiger partial charge in [-0.2, -0.15) is 15.0 Å². The molecule has 24 heavy (non-hydrogen) atoms. The number of thiophene rings is 1. The lowest BCUT2D eigenvalue weighted by Crippen LogP contribution is -2.26. The molecule has 2 aromatic heterocycles. The molecule has 8 nitrogen and oxygen atoms in total. The number of aromatic nitrogens is 3. The van der Waals surface area contributed by atoms with E-state index in [9.17, 15) is 8.42 Å². The van der Waals surface area contributed by atoms with Crippen LogP contribution in [-0.4, -0.2) is 51.6 Å². The third-order valence-corrected chi connectivity index (χ3v) is 6.25. The normalized spacial score (nSPS) is 11.5. The number of sulfonamides is 1. The summed E-state index contributed by atoms with van der Waals surface area (Å²) in [5.41, 5.74) is 0. The molecule has 0 aromatic carbocycles. The van der Waals surface area contributed by atoms with Gasteiger partial charge in [0.1, 0.15) is 4.21 Å². The van der Waals surface area contributed by atoms with Crippen LogP contribution in [0.15, 0.2) is 16.3 Å². The molecule has 132 valence electrons. The van der Waals surface area contributed by atoms with Gasteiger partial charge in [0.25, 0.3) is 0 Å². The number of anilines is 2. The fourth-order valence-corrected chi connectivity index (χ4v) is 4.12. The quantitative estimate of drug-likeness (QED) is 0.780. The van der Waals surface area contributed by atoms with Gasteiger partial charge in [-0.3, -0.25) is 0 Å². The third kappa shape index (κ3) is 4.40. The Morgan fingerprint density at radius 1 is 1.04 bits per heavy atom. The Hall–Kier alpha value is -1.78. The Balaban J connectivity index is 2.21. The van der Waals surface area contributed by atoms with Crippen LogP contribution in [0.25, 0.3) is 0 Å². The van der Waals surface area contributed by atoms with Crippen molar-refractivity contribution in [1.29, 1.82) is 0 Å². The summed E-state index contributed by atoms with van der Waals surface area (Å²) >= 11 is 1.27. The molecule has 0 saturated carbocycles. The van der Waals surface area contributed by atoms with E-state index >= 15 is 0 Å². The van der Waals surface area contributed by atoms with Crippen molar-refractivity contribution in [3.8, 4) is 0 Å². The second kappa shape index (κ2) is 7.41. The van der Waals surface area contributed by atoms with E-state index < -0.39 is 10.0 Å². The highest BCUT2D eigenvalue weighted by Gasteiger charge is 2.18. The van der Waals surface area contributed by atoms with Crippen molar-refractivity contribution in [3.05, 3.63) is 22.8 Å². The largest absolute Gasteiger partial charge is 0.347 e. The average Bonchev–Trinajstić information content (AvgIpc) is 3.02. The molecule has 0 spiro atoms. The van der Waals surface area contributed by atoms with Gasteiger partial charge in [-0.25, -0.2) is 13.1 Å². The summed E-state index contributed by atoms with van der Waals surface area (Å²) in [7, 11) is 3.71. The molecule has 2 rings (SSSR count). The molecule has 2 aromatic rings. The predicted molar refractivity (Wildman–Crippen MR) is 96.2 cm³/mol. The van der Waals surface area contributed by atoms with E-state index in [1.54, 1.807) is 15.9 Å². The Kier molecular flexibility index (Phi) is 5.73. The van der Waals surface area contributed by atoms with Crippen LogP contribution in [0.2, 0.25) is 0 Å². The first-order valence-electron chi connectivity index (χ1n) is 7.41. The average molecular weight is 371 g/mol. The van der Waals surface area contributed by atoms with Crippen molar-refractivity contribution >= 4 is 33.3 Å². The maximum absolute atomic E-state index is 12.4. The molecule has 0 saturated heterocycles. The number of rotatable bonds is 7. The van der Waals surface area contributed by atoms with Gasteiger partial charge in [0.15, 0.2) is 5.82 Å². The molecule has 0 bridgehead atoms. The summed E-state index contributed by atoms with van der Waals surface area (Å²) in [6.45, 7) is 2.00. The number of nitrogens with one attached hydrogen (secondary N) is 1. The molecular weight excluding hydrogens is 348 g/mol. The van der Waals surface area contributed by atoms with Crippen LogP contribution in [0.1, 0.15) is 17.6 Å². The highest BCUT2D eigenvalue weighted by atomic mass is 32.2. The first kappa shape index (κ1) is 18.6. The van der Waals surface area contributed by atoms with Crippen LogP contribution >= 0.6 is 11.3 Å². The highest BCUT2D eigenvalue weighted by Crippen LogP contribution is 2.22. The SMILES string of the molecule is CCc1ccc(S(=O)(=O)NCc2nc(N(C)C)nc(N(C)C)n2)s1. The number of nitrogens with zero attached hydrogens (tertiary/aromatic N) is 5. The molecule has 1 N–H and O–H groups in total. The first-order chi connectivity index (χ1) is 11.2. The lowest BCUT2D eigenvalue weighted by atomic mass is 10.4. The fraction of sp³-hybridized carbons (Fsp3) is 0.500. The Morgan fingerprint density at radius 2 is 1.62 bits per heavy atom. The van der Waals surface area contributed by atoms with E-state index in [0.29, 0.717) is 21.9 Å². The van der Waals surface area contributed by atoms with Gasteiger partial charge >= 0.3 is 0 Å². The molecule has 0 unspecified atom stereocenters. The van der Waals surface area contributed by atoms with Gasteiger partial charge in [0.2, 0.25) is 21.9 Å². The van der Waals surface area contributed by atoms with Crippen molar-refractivity contribution in [2.45, 2.75) is 24.1 Å². The van der Waals surface area contributed by atoms with E-state index in [0.717, 1.165) is 11.3 Å². The number of hydrogen-bond donors (Lipinski definition) is 1. The molecule has 0 aliphatic carbocycles. The van der Waals surface area contributed by atoms with Gasteiger partial charge in [0, 0.05) is 33.1 Å². The zero-order valence-electron chi connectivity index (χ0n) is 14.4. The minimum absolute atomic E-state index is 0.00584. The second-order valence-corrected chi connectivity index (χ2v) is 8.70. The fourth-order valence-electron chi connectivity index (χ4n) is 1.80. The van der Waals surface area contributed by atoms with Gasteiger partial charge in [-0.15, -0.1) is 11.3 Å². The molecule has 0 aliphatic rings. The molecule has 0 fully saturated rings. The minimum Gasteiger partial charge on any atom is -0.347 e. The molecule has 10 heteroatoms. The van der Waals surface area contributed by atoms with E-state index in [2.05, 4.69) is 19.7 Å². The minimum atomic E-state index is -3.57. The smallest absolute Gasteiger partial charge is 0.250 e. The molecule has 0 amide bonds. The van der Waals surface area contributed by atoms with Crippen molar-refractivity contribution in [3.63, 3.8) is 0 Å². The van der Waals surface area contributed by atoms with Gasteiger partial charge in [-0.05, 0) is 18.6 Å². The summed E-state index contributed by atoms with van der Waals surface area (Å²) < 4.78 is 27.6. The number of hydrogen-bond acceptors (Lipinski definition) is 8. The first-order valence-corrected chi connectivity index (χ1v) is 9.71. The predicted octanol–water partition coefficient (Wildman–Crippen LogP) is 1.11. The van der Waals surface area contributed by atoms with Crippen molar-refractivity contribution in [1.82, 2.24) is 19.7 Å². The molecule has 0 atom stereocenters. The van der Waals surface area contributed by atoms with Crippen molar-refractivity contribution in [2.24, 2.45) is 0 Å². The van der Waals surface area contributed by atoms with Crippen LogP contribution in [0.4, 0.5) is 11.9 Å². The standard InChI is InChI=1S/C14H22N6O2S2/c1-6-10-7-8-12(23-10)24(21,22)15-9-11-16-13(19(2)3)18-14(17-11)20(4)5/h7-8,15H,6,9H2,1-5H3. The van der Waals surface area contributed by atoms with Crippen LogP contribution in [-0.2, 0) is 23.0 Å².